The van der Waals surface area contributed by atoms with Crippen molar-refractivity contribution >= 4 is 21.3 Å². The summed E-state index contributed by atoms with van der Waals surface area (Å²) in [7, 11) is -3.27. The molecule has 0 fully saturated rings. The lowest BCUT2D eigenvalue weighted by atomic mass is 9.73. The molecule has 0 amide bonds. The maximum atomic E-state index is 3.95. The van der Waals surface area contributed by atoms with Crippen molar-refractivity contribution in [2.24, 2.45) is 0 Å². The van der Waals surface area contributed by atoms with Gasteiger partial charge < -0.3 is 0 Å². The van der Waals surface area contributed by atoms with E-state index >= 15 is 0 Å². The lowest BCUT2D eigenvalue weighted by molar-refractivity contribution is 0.119. The molecule has 4 aromatic carbocycles. The zero-order valence-electron chi connectivity index (χ0n) is 24.3. The van der Waals surface area contributed by atoms with Crippen molar-refractivity contribution < 1.29 is 0 Å². The fourth-order valence-corrected chi connectivity index (χ4v) is 8.44. The van der Waals surface area contributed by atoms with E-state index in [1.807, 2.05) is 0 Å². The predicted octanol–water partition coefficient (Wildman–Crippen LogP) is 8.00. The van der Waals surface area contributed by atoms with E-state index in [0.717, 1.165) is 13.0 Å². The maximum absolute atomic E-state index is 3.95. The summed E-state index contributed by atoms with van der Waals surface area (Å²) in [6, 6.07) is 40.4. The summed E-state index contributed by atoms with van der Waals surface area (Å²) in [6.07, 6.45) is 1.02. The molecule has 0 aromatic heterocycles. The summed E-state index contributed by atoms with van der Waals surface area (Å²) in [5, 5.41) is 1.54. The van der Waals surface area contributed by atoms with Crippen molar-refractivity contribution in [2.45, 2.75) is 57.3 Å². The van der Waals surface area contributed by atoms with Crippen molar-refractivity contribution in [1.82, 2.24) is 4.90 Å². The molecule has 1 heterocycles. The van der Waals surface area contributed by atoms with Gasteiger partial charge in [0.1, 0.15) is 8.07 Å². The molecule has 0 saturated carbocycles. The van der Waals surface area contributed by atoms with Crippen molar-refractivity contribution in [2.75, 3.05) is 6.54 Å². The number of rotatable bonds is 5. The van der Waals surface area contributed by atoms with Gasteiger partial charge in [0.05, 0.1) is 19.7 Å². The summed E-state index contributed by atoms with van der Waals surface area (Å²) in [4.78, 5) is 2.74. The molecule has 0 unspecified atom stereocenters. The summed E-state index contributed by atoms with van der Waals surface area (Å²) >= 11 is 0. The third-order valence-electron chi connectivity index (χ3n) is 7.80. The maximum Gasteiger partial charge on any atom is 0.129 e. The van der Waals surface area contributed by atoms with Crippen molar-refractivity contribution in [3.8, 4) is 11.5 Å². The highest BCUT2D eigenvalue weighted by Crippen LogP contribution is 2.48. The van der Waals surface area contributed by atoms with Crippen LogP contribution in [-0.2, 0) is 12.0 Å². The molecule has 0 aliphatic carbocycles. The smallest absolute Gasteiger partial charge is 0.129 e. The second-order valence-corrected chi connectivity index (χ2v) is 22.6. The number of nitrogens with zero attached hydrogens (tertiary/aromatic N) is 1. The summed E-state index contributed by atoms with van der Waals surface area (Å²) in [5.74, 6) is 3.95. The molecule has 0 spiro atoms. The molecule has 5 rings (SSSR count). The van der Waals surface area contributed by atoms with Crippen LogP contribution in [0.2, 0.25) is 39.3 Å². The van der Waals surface area contributed by atoms with E-state index in [9.17, 15) is 0 Å². The first kappa shape index (κ1) is 27.4. The minimum atomic E-state index is -1.64. The first-order chi connectivity index (χ1) is 18.6. The quantitative estimate of drug-likeness (QED) is 0.140. The molecule has 3 heteroatoms. The van der Waals surface area contributed by atoms with Gasteiger partial charge in [0.2, 0.25) is 0 Å². The molecule has 0 saturated heterocycles. The van der Waals surface area contributed by atoms with Crippen LogP contribution in [0.3, 0.4) is 0 Å². The first-order valence-corrected chi connectivity index (χ1v) is 21.2. The van der Waals surface area contributed by atoms with Crippen LogP contribution in [0, 0.1) is 11.5 Å². The monoisotopic (exact) mass is 543 g/mol. The van der Waals surface area contributed by atoms with Crippen molar-refractivity contribution in [3.63, 3.8) is 0 Å². The van der Waals surface area contributed by atoms with Crippen LogP contribution in [0.1, 0.15) is 33.9 Å². The van der Waals surface area contributed by atoms with Gasteiger partial charge in [-0.15, -0.1) is 5.54 Å². The van der Waals surface area contributed by atoms with Crippen molar-refractivity contribution in [3.05, 3.63) is 137 Å². The molecule has 0 radical (unpaired) electrons. The second-order valence-electron chi connectivity index (χ2n) is 12.8. The molecule has 0 N–H and O–H groups in total. The van der Waals surface area contributed by atoms with Crippen LogP contribution in [0.4, 0.5) is 0 Å². The van der Waals surface area contributed by atoms with Gasteiger partial charge in [-0.05, 0) is 34.2 Å². The first-order valence-electron chi connectivity index (χ1n) is 14.2. The van der Waals surface area contributed by atoms with Gasteiger partial charge >= 0.3 is 0 Å². The van der Waals surface area contributed by atoms with Crippen LogP contribution >= 0.6 is 0 Å². The number of hydrogen-bond donors (Lipinski definition) is 0. The Morgan fingerprint density at radius 3 is 1.56 bits per heavy atom. The Kier molecular flexibility index (Phi) is 7.57. The highest BCUT2D eigenvalue weighted by atomic mass is 28.3. The summed E-state index contributed by atoms with van der Waals surface area (Å²) in [5.41, 5.74) is 10.2. The molecule has 4 aromatic rings. The molecular weight excluding hydrogens is 503 g/mol. The van der Waals surface area contributed by atoms with E-state index in [1.54, 1.807) is 5.19 Å². The Morgan fingerprint density at radius 2 is 1.13 bits per heavy atom. The van der Waals surface area contributed by atoms with Gasteiger partial charge in [-0.25, -0.2) is 0 Å². The Hall–Kier alpha value is -3.17. The van der Waals surface area contributed by atoms with E-state index in [4.69, 9.17) is 0 Å². The average molecular weight is 544 g/mol. The fraction of sp³-hybridized carbons (Fsp3) is 0.278. The van der Waals surface area contributed by atoms with Crippen LogP contribution in [0.5, 0.6) is 0 Å². The third-order valence-corrected chi connectivity index (χ3v) is 10.7. The van der Waals surface area contributed by atoms with Crippen LogP contribution in [-0.4, -0.2) is 27.6 Å². The minimum Gasteiger partial charge on any atom is -0.268 e. The van der Waals surface area contributed by atoms with Crippen molar-refractivity contribution in [1.29, 1.82) is 0 Å². The minimum absolute atomic E-state index is 0.00372. The highest BCUT2D eigenvalue weighted by Gasteiger charge is 2.47. The topological polar surface area (TPSA) is 3.24 Å². The lowest BCUT2D eigenvalue weighted by Crippen LogP contribution is -2.54. The van der Waals surface area contributed by atoms with Crippen LogP contribution < -0.4 is 5.19 Å². The Bertz CT molecular complexity index is 1370. The standard InChI is InChI=1S/C36H41NSi2/c1-38(2,3)28-26-33-35-29(17-16-24-34(35)39(4,5)6)25-27-37(33)36(30-18-10-7-11-19-30,31-20-12-8-13-21-31)32-22-14-9-15-23-32/h7-24,33H,25,27H2,1-6H3/t33-/m1/s1. The number of benzene rings is 4. The third kappa shape index (κ3) is 5.34. The average Bonchev–Trinajstić information content (AvgIpc) is 2.93. The predicted molar refractivity (Wildman–Crippen MR) is 173 cm³/mol. The van der Waals surface area contributed by atoms with Gasteiger partial charge in [0, 0.05) is 6.54 Å². The Labute approximate surface area is 237 Å². The van der Waals surface area contributed by atoms with Gasteiger partial charge in [-0.1, -0.05) is 160 Å². The molecule has 1 nitrogen and oxygen atoms in total. The zero-order chi connectivity index (χ0) is 27.7. The molecule has 39 heavy (non-hydrogen) atoms. The van der Waals surface area contributed by atoms with Crippen LogP contribution in [0.25, 0.3) is 0 Å². The normalized spacial score (nSPS) is 16.2. The lowest BCUT2D eigenvalue weighted by Gasteiger charge is -2.51. The van der Waals surface area contributed by atoms with E-state index in [0.29, 0.717) is 0 Å². The Balaban J connectivity index is 1.89. The number of hydrogen-bond acceptors (Lipinski definition) is 1. The highest BCUT2D eigenvalue weighted by molar-refractivity contribution is 6.89. The van der Waals surface area contributed by atoms with Crippen LogP contribution in [0.15, 0.2) is 109 Å². The molecule has 1 aliphatic rings. The molecule has 1 atom stereocenters. The second kappa shape index (κ2) is 10.8. The molecular formula is C36H41NSi2. The largest absolute Gasteiger partial charge is 0.268 e. The summed E-state index contributed by atoms with van der Waals surface area (Å²) in [6.45, 7) is 15.4. The van der Waals surface area contributed by atoms with E-state index in [1.165, 1.54) is 27.8 Å². The SMILES string of the molecule is C[Si](C)(C)C#C[C@@H]1c2c(cccc2[Si](C)(C)C)CCN1C(c1ccccc1)(c1ccccc1)c1ccccc1. The summed E-state index contributed by atoms with van der Waals surface area (Å²) < 4.78 is 0. The van der Waals surface area contributed by atoms with Gasteiger partial charge in [0.15, 0.2) is 0 Å². The zero-order valence-corrected chi connectivity index (χ0v) is 26.3. The molecule has 0 bridgehead atoms. The van der Waals surface area contributed by atoms with E-state index < -0.39 is 21.7 Å². The molecule has 198 valence electrons. The fourth-order valence-electron chi connectivity index (χ4n) is 6.17. The molecule has 1 aliphatic heterocycles. The van der Waals surface area contributed by atoms with Gasteiger partial charge in [0.25, 0.3) is 0 Å². The van der Waals surface area contributed by atoms with Gasteiger partial charge in [-0.2, -0.15) is 0 Å². The van der Waals surface area contributed by atoms with E-state index in [2.05, 4.69) is 165 Å². The Morgan fingerprint density at radius 1 is 0.641 bits per heavy atom. The van der Waals surface area contributed by atoms with E-state index in [-0.39, 0.29) is 6.04 Å². The number of fused-ring (bicyclic) bond motifs is 1. The van der Waals surface area contributed by atoms with Gasteiger partial charge in [-0.3, -0.25) is 4.90 Å².